The van der Waals surface area contributed by atoms with Crippen molar-refractivity contribution in [2.24, 2.45) is 5.92 Å². The Morgan fingerprint density at radius 1 is 1.50 bits per heavy atom. The normalized spacial score (nSPS) is 37.8. The second-order valence-corrected chi connectivity index (χ2v) is 5.18. The van der Waals surface area contributed by atoms with Gasteiger partial charge in [-0.1, -0.05) is 0 Å². The second-order valence-electron chi connectivity index (χ2n) is 5.18. The van der Waals surface area contributed by atoms with E-state index in [0.29, 0.717) is 12.5 Å². The molecule has 1 saturated carbocycles. The van der Waals surface area contributed by atoms with Crippen molar-refractivity contribution in [3.63, 3.8) is 0 Å². The number of carbonyl (C=O) groups excluding carboxylic acids is 2. The number of hydrogen-bond acceptors (Lipinski definition) is 3. The van der Waals surface area contributed by atoms with Gasteiger partial charge in [0.2, 0.25) is 0 Å². The number of imide groups is 1. The number of rotatable bonds is 3. The van der Waals surface area contributed by atoms with Crippen LogP contribution in [0.15, 0.2) is 0 Å². The highest BCUT2D eigenvalue weighted by atomic mass is 16.5. The van der Waals surface area contributed by atoms with Crippen LogP contribution in [0, 0.1) is 5.92 Å². The van der Waals surface area contributed by atoms with Crippen LogP contribution >= 0.6 is 0 Å². The molecule has 4 aliphatic rings. The van der Waals surface area contributed by atoms with Gasteiger partial charge in [0.25, 0.3) is 5.91 Å². The van der Waals surface area contributed by atoms with Gasteiger partial charge in [-0.2, -0.15) is 0 Å². The van der Waals surface area contributed by atoms with E-state index in [4.69, 9.17) is 4.74 Å². The Balaban J connectivity index is 1.87. The molecule has 1 aliphatic carbocycles. The maximum Gasteiger partial charge on any atom is 0.328 e. The van der Waals surface area contributed by atoms with Crippen molar-refractivity contribution < 1.29 is 14.3 Å². The summed E-state index contributed by atoms with van der Waals surface area (Å²) in [7, 11) is 1.58. The minimum absolute atomic E-state index is 0.00389. The third-order valence-corrected chi connectivity index (χ3v) is 4.11. The number of nitrogens with zero attached hydrogens (tertiary/aromatic N) is 2. The van der Waals surface area contributed by atoms with E-state index in [1.807, 2.05) is 6.92 Å². The van der Waals surface area contributed by atoms with E-state index in [0.717, 1.165) is 19.4 Å². The Hall–Kier alpha value is -1.10. The minimum atomic E-state index is -0.455. The molecule has 3 amide bonds. The largest absolute Gasteiger partial charge is 0.383 e. The van der Waals surface area contributed by atoms with E-state index >= 15 is 0 Å². The molecule has 1 spiro atoms. The fourth-order valence-corrected chi connectivity index (χ4v) is 3.37. The molecule has 0 aromatic heterocycles. The van der Waals surface area contributed by atoms with Crippen molar-refractivity contribution >= 4 is 11.9 Å². The molecule has 0 radical (unpaired) electrons. The predicted molar refractivity (Wildman–Crippen MR) is 55.7 cm³/mol. The molecule has 3 aliphatic heterocycles. The van der Waals surface area contributed by atoms with Gasteiger partial charge in [-0.3, -0.25) is 9.69 Å². The maximum atomic E-state index is 12.3. The number of amides is 3. The predicted octanol–water partition coefficient (Wildman–Crippen LogP) is 0.448. The van der Waals surface area contributed by atoms with E-state index in [-0.39, 0.29) is 18.0 Å². The zero-order valence-corrected chi connectivity index (χ0v) is 9.60. The van der Waals surface area contributed by atoms with Gasteiger partial charge in [0.15, 0.2) is 0 Å². The molecule has 16 heavy (non-hydrogen) atoms. The molecule has 1 atom stereocenters. The molecule has 3 heterocycles. The van der Waals surface area contributed by atoms with Crippen LogP contribution in [-0.2, 0) is 9.53 Å². The summed E-state index contributed by atoms with van der Waals surface area (Å²) >= 11 is 0. The topological polar surface area (TPSA) is 49.9 Å². The Morgan fingerprint density at radius 2 is 2.19 bits per heavy atom. The third kappa shape index (κ3) is 0.948. The fourth-order valence-electron chi connectivity index (χ4n) is 3.37. The number of urea groups is 1. The van der Waals surface area contributed by atoms with Crippen LogP contribution < -0.4 is 0 Å². The molecule has 4 rings (SSSR count). The maximum absolute atomic E-state index is 12.3. The van der Waals surface area contributed by atoms with E-state index in [2.05, 4.69) is 0 Å². The highest BCUT2D eigenvalue weighted by molar-refractivity contribution is 6.08. The number of methoxy groups -OCH3 is 1. The molecule has 4 fully saturated rings. The molecule has 1 unspecified atom stereocenters. The summed E-state index contributed by atoms with van der Waals surface area (Å²) in [4.78, 5) is 27.6. The Kier molecular flexibility index (Phi) is 1.87. The first-order valence-electron chi connectivity index (χ1n) is 5.74. The molecular formula is C11H16N2O3. The van der Waals surface area contributed by atoms with E-state index in [1.165, 1.54) is 4.90 Å². The Morgan fingerprint density at radius 3 is 2.75 bits per heavy atom. The summed E-state index contributed by atoms with van der Waals surface area (Å²) < 4.78 is 5.02. The van der Waals surface area contributed by atoms with Crippen LogP contribution in [0.25, 0.3) is 0 Å². The zero-order valence-electron chi connectivity index (χ0n) is 9.60. The lowest BCUT2D eigenvalue weighted by Crippen LogP contribution is -2.50. The summed E-state index contributed by atoms with van der Waals surface area (Å²) in [5.74, 6) is 0.559. The Labute approximate surface area is 94.3 Å². The number of carbonyl (C=O) groups is 2. The van der Waals surface area contributed by atoms with Gasteiger partial charge in [0, 0.05) is 13.7 Å². The van der Waals surface area contributed by atoms with Crippen LogP contribution in [0.3, 0.4) is 0 Å². The summed E-state index contributed by atoms with van der Waals surface area (Å²) in [6, 6.07) is -0.279. The average Bonchev–Trinajstić information content (AvgIpc) is 2.76. The second kappa shape index (κ2) is 2.97. The van der Waals surface area contributed by atoms with Gasteiger partial charge in [0.05, 0.1) is 12.6 Å². The smallest absolute Gasteiger partial charge is 0.328 e. The fraction of sp³-hybridized carbons (Fsp3) is 0.818. The monoisotopic (exact) mass is 224 g/mol. The van der Waals surface area contributed by atoms with Crippen molar-refractivity contribution in [1.29, 1.82) is 0 Å². The van der Waals surface area contributed by atoms with Crippen LogP contribution in [0.1, 0.15) is 19.8 Å². The molecule has 0 N–H and O–H groups in total. The van der Waals surface area contributed by atoms with E-state index in [1.54, 1.807) is 12.0 Å². The first-order valence-corrected chi connectivity index (χ1v) is 5.74. The highest BCUT2D eigenvalue weighted by Gasteiger charge is 2.69. The van der Waals surface area contributed by atoms with Crippen molar-refractivity contribution in [3.8, 4) is 0 Å². The van der Waals surface area contributed by atoms with Crippen LogP contribution in [0.2, 0.25) is 0 Å². The van der Waals surface area contributed by atoms with Gasteiger partial charge >= 0.3 is 6.03 Å². The van der Waals surface area contributed by atoms with Crippen molar-refractivity contribution in [1.82, 2.24) is 9.80 Å². The van der Waals surface area contributed by atoms with Crippen molar-refractivity contribution in [3.05, 3.63) is 0 Å². The SMILES string of the molecule is COCC(C)N1C(=O)N2CC3CC2(C3)C1=O. The van der Waals surface area contributed by atoms with Crippen LogP contribution in [0.4, 0.5) is 4.79 Å². The molecule has 5 heteroatoms. The summed E-state index contributed by atoms with van der Waals surface area (Å²) in [5, 5.41) is 0. The zero-order chi connectivity index (χ0) is 11.5. The number of hydrogen-bond donors (Lipinski definition) is 0. The van der Waals surface area contributed by atoms with Crippen molar-refractivity contribution in [2.75, 3.05) is 20.3 Å². The lowest BCUT2D eigenvalue weighted by atomic mass is 9.73. The standard InChI is InChI=1S/C11H16N2O3/c1-7(6-16-2)13-9(14)11-3-8(4-11)5-12(11)10(13)15/h7-8H,3-6H2,1-2H3. The first-order chi connectivity index (χ1) is 7.60. The summed E-state index contributed by atoms with van der Waals surface area (Å²) in [6.45, 7) is 3.03. The molecule has 3 saturated heterocycles. The highest BCUT2D eigenvalue weighted by Crippen LogP contribution is 2.55. The molecule has 5 nitrogen and oxygen atoms in total. The van der Waals surface area contributed by atoms with Crippen LogP contribution in [-0.4, -0.2) is 53.6 Å². The van der Waals surface area contributed by atoms with Gasteiger partial charge in [0.1, 0.15) is 5.54 Å². The summed E-state index contributed by atoms with van der Waals surface area (Å²) in [6.07, 6.45) is 1.74. The molecule has 0 aromatic carbocycles. The van der Waals surface area contributed by atoms with Gasteiger partial charge in [-0.15, -0.1) is 0 Å². The molecule has 88 valence electrons. The van der Waals surface area contributed by atoms with E-state index < -0.39 is 5.54 Å². The molecular weight excluding hydrogens is 208 g/mol. The lowest BCUT2D eigenvalue weighted by Gasteiger charge is -2.34. The van der Waals surface area contributed by atoms with Gasteiger partial charge in [-0.05, 0) is 25.7 Å². The lowest BCUT2D eigenvalue weighted by molar-refractivity contribution is -0.137. The summed E-state index contributed by atoms with van der Waals surface area (Å²) in [5.41, 5.74) is -0.455. The molecule has 0 aromatic rings. The minimum Gasteiger partial charge on any atom is -0.383 e. The quantitative estimate of drug-likeness (QED) is 0.654. The third-order valence-electron chi connectivity index (χ3n) is 4.11. The van der Waals surface area contributed by atoms with E-state index in [9.17, 15) is 9.59 Å². The first kappa shape index (κ1) is 10.1. The number of ether oxygens (including phenoxy) is 1. The van der Waals surface area contributed by atoms with Crippen molar-refractivity contribution in [2.45, 2.75) is 31.3 Å². The van der Waals surface area contributed by atoms with Crippen LogP contribution in [0.5, 0.6) is 0 Å². The average molecular weight is 224 g/mol. The van der Waals surface area contributed by atoms with Gasteiger partial charge in [-0.25, -0.2) is 4.79 Å². The van der Waals surface area contributed by atoms with Gasteiger partial charge < -0.3 is 9.64 Å². The Bertz CT molecular complexity index is 359. The molecule has 2 bridgehead atoms.